The largest absolute Gasteiger partial charge is 0.464 e. The van der Waals surface area contributed by atoms with Crippen molar-refractivity contribution in [2.45, 2.75) is 97.4 Å². The molecule has 3 N–H and O–H groups in total. The van der Waals surface area contributed by atoms with Crippen molar-refractivity contribution < 1.29 is 38.5 Å². The molecule has 1 fully saturated rings. The fourth-order valence-corrected chi connectivity index (χ4v) is 6.26. The van der Waals surface area contributed by atoms with E-state index in [0.717, 1.165) is 22.7 Å². The Bertz CT molecular complexity index is 1400. The van der Waals surface area contributed by atoms with E-state index in [1.54, 1.807) is 54.5 Å². The average molecular weight is 638 g/mol. The zero-order chi connectivity index (χ0) is 32.5. The van der Waals surface area contributed by atoms with Crippen LogP contribution >= 0.6 is 22.7 Å². The van der Waals surface area contributed by atoms with E-state index in [1.165, 1.54) is 36.6 Å². The summed E-state index contributed by atoms with van der Waals surface area (Å²) in [5.74, 6) is -1.74. The number of allylic oxidation sites excluding steroid dienone is 1. The van der Waals surface area contributed by atoms with Crippen LogP contribution in [0.1, 0.15) is 99.3 Å². The molecule has 3 amide bonds. The Morgan fingerprint density at radius 1 is 1.12 bits per heavy atom. The van der Waals surface area contributed by atoms with E-state index in [4.69, 9.17) is 14.2 Å². The lowest BCUT2D eigenvalue weighted by Crippen LogP contribution is -2.55. The standard InChI is InChI=1S/C28H39N5O8S2/c1-11-15(29-21(35)18-14(2)40-28(8,9)33(18)25(37)41-26(3,4)5)22-30-16(12-42-22)20(34)32-19(27(6,7)38)23-31-17(13-43-23)24(36)39-10/h11-14,18-19,38H,1-10H3,(H,29,35)(H,32,34)/b15-11-/t14-,18+,19-/m1/s1. The highest BCUT2D eigenvalue weighted by Gasteiger charge is 2.53. The lowest BCUT2D eigenvalue weighted by Gasteiger charge is -2.34. The third kappa shape index (κ3) is 7.96. The fraction of sp³-hybridized carbons (Fsp3) is 0.571. The van der Waals surface area contributed by atoms with Crippen LogP contribution in [0, 0.1) is 0 Å². The molecule has 1 aliphatic heterocycles. The zero-order valence-corrected chi connectivity index (χ0v) is 27.6. The number of carbonyl (C=O) groups is 4. The minimum atomic E-state index is -1.43. The fourth-order valence-electron chi connectivity index (χ4n) is 4.42. The van der Waals surface area contributed by atoms with Gasteiger partial charge in [0.1, 0.15) is 39.1 Å². The van der Waals surface area contributed by atoms with Gasteiger partial charge in [0.15, 0.2) is 5.69 Å². The maximum atomic E-state index is 13.5. The topological polar surface area (TPSA) is 169 Å². The summed E-state index contributed by atoms with van der Waals surface area (Å²) >= 11 is 2.22. The Morgan fingerprint density at radius 2 is 1.74 bits per heavy atom. The Kier molecular flexibility index (Phi) is 10.1. The van der Waals surface area contributed by atoms with E-state index < -0.39 is 59.0 Å². The summed E-state index contributed by atoms with van der Waals surface area (Å²) in [5, 5.41) is 20.0. The van der Waals surface area contributed by atoms with Crippen LogP contribution in [0.15, 0.2) is 16.8 Å². The zero-order valence-electron chi connectivity index (χ0n) is 25.9. The monoisotopic (exact) mass is 637 g/mol. The van der Waals surface area contributed by atoms with E-state index >= 15 is 0 Å². The van der Waals surface area contributed by atoms with Crippen LogP contribution in [-0.2, 0) is 19.0 Å². The van der Waals surface area contributed by atoms with Gasteiger partial charge in [-0.1, -0.05) is 6.08 Å². The molecule has 0 spiro atoms. The normalized spacial score (nSPS) is 19.5. The van der Waals surface area contributed by atoms with Crippen molar-refractivity contribution in [1.82, 2.24) is 25.5 Å². The summed E-state index contributed by atoms with van der Waals surface area (Å²) < 4.78 is 16.2. The van der Waals surface area contributed by atoms with Crippen molar-refractivity contribution in [3.63, 3.8) is 0 Å². The number of methoxy groups -OCH3 is 1. The van der Waals surface area contributed by atoms with Gasteiger partial charge in [-0.25, -0.2) is 19.6 Å². The van der Waals surface area contributed by atoms with Crippen molar-refractivity contribution in [3.8, 4) is 0 Å². The van der Waals surface area contributed by atoms with Gasteiger partial charge in [-0.3, -0.25) is 14.5 Å². The molecule has 0 aliphatic carbocycles. The average Bonchev–Trinajstić information content (AvgIpc) is 3.60. The van der Waals surface area contributed by atoms with Gasteiger partial charge in [0, 0.05) is 10.8 Å². The first-order chi connectivity index (χ1) is 19.8. The van der Waals surface area contributed by atoms with Gasteiger partial charge >= 0.3 is 12.1 Å². The summed E-state index contributed by atoms with van der Waals surface area (Å²) in [7, 11) is 1.23. The number of hydrogen-bond acceptors (Lipinski definition) is 12. The second kappa shape index (κ2) is 12.7. The predicted molar refractivity (Wildman–Crippen MR) is 160 cm³/mol. The highest BCUT2D eigenvalue weighted by Crippen LogP contribution is 2.34. The lowest BCUT2D eigenvalue weighted by molar-refractivity contribution is -0.125. The van der Waals surface area contributed by atoms with Crippen molar-refractivity contribution in [1.29, 1.82) is 0 Å². The van der Waals surface area contributed by atoms with E-state index in [9.17, 15) is 24.3 Å². The number of carbonyl (C=O) groups excluding carboxylic acids is 4. The van der Waals surface area contributed by atoms with Crippen LogP contribution in [0.4, 0.5) is 4.79 Å². The molecule has 15 heteroatoms. The molecule has 2 aromatic rings. The number of hydrogen-bond donors (Lipinski definition) is 3. The number of ether oxygens (including phenoxy) is 3. The first kappa shape index (κ1) is 34.1. The third-order valence-corrected chi connectivity index (χ3v) is 8.08. The molecular formula is C28H39N5O8S2. The molecule has 0 radical (unpaired) electrons. The molecule has 236 valence electrons. The molecule has 2 aromatic heterocycles. The minimum absolute atomic E-state index is 0.0432. The van der Waals surface area contributed by atoms with Crippen LogP contribution in [0.3, 0.4) is 0 Å². The molecule has 3 atom stereocenters. The van der Waals surface area contributed by atoms with Crippen LogP contribution in [0.2, 0.25) is 0 Å². The van der Waals surface area contributed by atoms with Gasteiger partial charge < -0.3 is 30.0 Å². The van der Waals surface area contributed by atoms with Crippen LogP contribution in [0.25, 0.3) is 5.70 Å². The van der Waals surface area contributed by atoms with E-state index in [-0.39, 0.29) is 11.4 Å². The number of nitrogens with one attached hydrogen (secondary N) is 2. The van der Waals surface area contributed by atoms with Gasteiger partial charge in [-0.15, -0.1) is 22.7 Å². The van der Waals surface area contributed by atoms with E-state index in [1.807, 2.05) is 0 Å². The molecule has 0 unspecified atom stereocenters. The van der Waals surface area contributed by atoms with Crippen molar-refractivity contribution in [2.24, 2.45) is 0 Å². The second-order valence-electron chi connectivity index (χ2n) is 11.9. The predicted octanol–water partition coefficient (Wildman–Crippen LogP) is 3.87. The Balaban J connectivity index is 1.79. The molecule has 1 aliphatic rings. The molecule has 43 heavy (non-hydrogen) atoms. The van der Waals surface area contributed by atoms with E-state index in [0.29, 0.717) is 15.7 Å². The van der Waals surface area contributed by atoms with Gasteiger partial charge in [-0.05, 0) is 62.3 Å². The van der Waals surface area contributed by atoms with Crippen LogP contribution < -0.4 is 10.6 Å². The lowest BCUT2D eigenvalue weighted by atomic mass is 9.99. The highest BCUT2D eigenvalue weighted by molar-refractivity contribution is 7.11. The molecule has 1 saturated heterocycles. The Morgan fingerprint density at radius 3 is 2.30 bits per heavy atom. The summed E-state index contributed by atoms with van der Waals surface area (Å²) in [6, 6.07) is -1.95. The number of amides is 3. The van der Waals surface area contributed by atoms with Crippen molar-refractivity contribution >= 4 is 52.2 Å². The number of thiazole rings is 2. The van der Waals surface area contributed by atoms with Crippen molar-refractivity contribution in [2.75, 3.05) is 7.11 Å². The molecule has 3 heterocycles. The van der Waals surface area contributed by atoms with Gasteiger partial charge in [0.25, 0.3) is 5.91 Å². The summed E-state index contributed by atoms with van der Waals surface area (Å²) in [4.78, 5) is 61.6. The van der Waals surface area contributed by atoms with Gasteiger partial charge in [0.2, 0.25) is 5.91 Å². The first-order valence-corrected chi connectivity index (χ1v) is 15.2. The van der Waals surface area contributed by atoms with E-state index in [2.05, 4.69) is 20.6 Å². The number of aromatic nitrogens is 2. The second-order valence-corrected chi connectivity index (χ2v) is 13.7. The number of nitrogens with zero attached hydrogens (tertiary/aromatic N) is 3. The summed E-state index contributed by atoms with van der Waals surface area (Å²) in [6.45, 7) is 15.0. The third-order valence-electron chi connectivity index (χ3n) is 6.30. The van der Waals surface area contributed by atoms with Crippen LogP contribution in [-0.4, -0.2) is 80.0 Å². The molecule has 0 bridgehead atoms. The van der Waals surface area contributed by atoms with Gasteiger partial charge in [-0.2, -0.15) is 0 Å². The number of rotatable bonds is 8. The molecule has 13 nitrogen and oxygen atoms in total. The summed E-state index contributed by atoms with van der Waals surface area (Å²) in [6.07, 6.45) is 0.311. The quantitative estimate of drug-likeness (QED) is 0.361. The SMILES string of the molecule is C/C=C(\NC(=O)[C@@H]1[C@@H](C)OC(C)(C)N1C(=O)OC(C)(C)C)c1nc(C(=O)N[C@H](c2nc(C(=O)OC)cs2)C(C)(C)O)cs1. The molecular weight excluding hydrogens is 598 g/mol. The molecule has 0 aromatic carbocycles. The van der Waals surface area contributed by atoms with Crippen LogP contribution in [0.5, 0.6) is 0 Å². The maximum Gasteiger partial charge on any atom is 0.413 e. The maximum absolute atomic E-state index is 13.5. The molecule has 0 saturated carbocycles. The summed E-state index contributed by atoms with van der Waals surface area (Å²) in [5.41, 5.74) is -2.88. The van der Waals surface area contributed by atoms with Gasteiger partial charge in [0.05, 0.1) is 24.5 Å². The van der Waals surface area contributed by atoms with Crippen molar-refractivity contribution in [3.05, 3.63) is 38.2 Å². The minimum Gasteiger partial charge on any atom is -0.464 e. The number of aliphatic hydroxyl groups is 1. The number of esters is 1. The Labute approximate surface area is 258 Å². The Hall–Kier alpha value is -3.40. The molecule has 3 rings (SSSR count). The smallest absolute Gasteiger partial charge is 0.413 e. The highest BCUT2D eigenvalue weighted by atomic mass is 32.1. The first-order valence-electron chi connectivity index (χ1n) is 13.5.